The number of amides is 1. The predicted octanol–water partition coefficient (Wildman–Crippen LogP) is 1.97. The van der Waals surface area contributed by atoms with E-state index in [-0.39, 0.29) is 24.3 Å². The summed E-state index contributed by atoms with van der Waals surface area (Å²) in [5.74, 6) is 0.400. The Morgan fingerprint density at radius 3 is 2.61 bits per heavy atom. The summed E-state index contributed by atoms with van der Waals surface area (Å²) in [6.07, 6.45) is 2.70. The molecule has 1 fully saturated rings. The molecule has 2 rings (SSSR count). The van der Waals surface area contributed by atoms with Crippen molar-refractivity contribution < 1.29 is 14.3 Å². The fourth-order valence-electron chi connectivity index (χ4n) is 2.62. The summed E-state index contributed by atoms with van der Waals surface area (Å²) in [6, 6.07) is 10.2. The SMILES string of the molecule is COC(=O)CCN(CC(=O)N[C@@H](C)C1CC1)Cc1ccccc1. The van der Waals surface area contributed by atoms with E-state index in [9.17, 15) is 9.59 Å². The molecule has 5 nitrogen and oxygen atoms in total. The van der Waals surface area contributed by atoms with Crippen LogP contribution in [0.5, 0.6) is 0 Å². The van der Waals surface area contributed by atoms with Gasteiger partial charge in [-0.3, -0.25) is 14.5 Å². The molecule has 1 aliphatic rings. The van der Waals surface area contributed by atoms with E-state index < -0.39 is 0 Å². The summed E-state index contributed by atoms with van der Waals surface area (Å²) in [5.41, 5.74) is 1.13. The summed E-state index contributed by atoms with van der Waals surface area (Å²) in [6.45, 7) is 3.50. The van der Waals surface area contributed by atoms with Crippen LogP contribution in [0.4, 0.5) is 0 Å². The molecule has 0 aromatic heterocycles. The number of hydrogen-bond acceptors (Lipinski definition) is 4. The number of nitrogens with zero attached hydrogens (tertiary/aromatic N) is 1. The zero-order chi connectivity index (χ0) is 16.7. The van der Waals surface area contributed by atoms with E-state index in [1.807, 2.05) is 35.2 Å². The van der Waals surface area contributed by atoms with Crippen molar-refractivity contribution in [2.24, 2.45) is 5.92 Å². The van der Waals surface area contributed by atoms with Gasteiger partial charge in [-0.2, -0.15) is 0 Å². The normalized spacial score (nSPS) is 15.3. The van der Waals surface area contributed by atoms with E-state index in [1.165, 1.54) is 20.0 Å². The number of benzene rings is 1. The fourth-order valence-corrected chi connectivity index (χ4v) is 2.62. The molecule has 5 heteroatoms. The summed E-state index contributed by atoms with van der Waals surface area (Å²) < 4.78 is 4.69. The third-order valence-corrected chi connectivity index (χ3v) is 4.19. The van der Waals surface area contributed by atoms with Crippen molar-refractivity contribution in [3.63, 3.8) is 0 Å². The number of rotatable bonds is 9. The van der Waals surface area contributed by atoms with Gasteiger partial charge in [0, 0.05) is 19.1 Å². The van der Waals surface area contributed by atoms with E-state index in [1.54, 1.807) is 0 Å². The van der Waals surface area contributed by atoms with Gasteiger partial charge in [0.25, 0.3) is 0 Å². The lowest BCUT2D eigenvalue weighted by Gasteiger charge is -2.23. The van der Waals surface area contributed by atoms with Crippen LogP contribution in [0.2, 0.25) is 0 Å². The predicted molar refractivity (Wildman–Crippen MR) is 88.7 cm³/mol. The van der Waals surface area contributed by atoms with Crippen molar-refractivity contribution in [2.75, 3.05) is 20.2 Å². The van der Waals surface area contributed by atoms with Crippen LogP contribution in [0.1, 0.15) is 31.7 Å². The average Bonchev–Trinajstić information content (AvgIpc) is 3.38. The van der Waals surface area contributed by atoms with Gasteiger partial charge in [0.1, 0.15) is 0 Å². The van der Waals surface area contributed by atoms with Crippen molar-refractivity contribution >= 4 is 11.9 Å². The number of methoxy groups -OCH3 is 1. The highest BCUT2D eigenvalue weighted by molar-refractivity contribution is 5.78. The van der Waals surface area contributed by atoms with Crippen LogP contribution < -0.4 is 5.32 Å². The van der Waals surface area contributed by atoms with E-state index in [0.29, 0.717) is 25.6 Å². The largest absolute Gasteiger partial charge is 0.469 e. The lowest BCUT2D eigenvalue weighted by atomic mass is 10.2. The summed E-state index contributed by atoms with van der Waals surface area (Å²) in [5, 5.41) is 3.06. The maximum Gasteiger partial charge on any atom is 0.306 e. The molecule has 0 heterocycles. The van der Waals surface area contributed by atoms with Gasteiger partial charge < -0.3 is 10.1 Å². The van der Waals surface area contributed by atoms with Crippen LogP contribution in [-0.2, 0) is 20.9 Å². The molecule has 1 N–H and O–H groups in total. The van der Waals surface area contributed by atoms with Crippen LogP contribution >= 0.6 is 0 Å². The minimum Gasteiger partial charge on any atom is -0.469 e. The molecule has 0 radical (unpaired) electrons. The molecule has 126 valence electrons. The van der Waals surface area contributed by atoms with E-state index in [2.05, 4.69) is 12.2 Å². The quantitative estimate of drug-likeness (QED) is 0.707. The lowest BCUT2D eigenvalue weighted by Crippen LogP contribution is -2.42. The third-order valence-electron chi connectivity index (χ3n) is 4.19. The summed E-state index contributed by atoms with van der Waals surface area (Å²) >= 11 is 0. The second-order valence-corrected chi connectivity index (χ2v) is 6.22. The number of carbonyl (C=O) groups excluding carboxylic acids is 2. The molecule has 0 aliphatic heterocycles. The number of carbonyl (C=O) groups is 2. The number of ether oxygens (including phenoxy) is 1. The van der Waals surface area contributed by atoms with Gasteiger partial charge >= 0.3 is 5.97 Å². The Balaban J connectivity index is 1.88. The third kappa shape index (κ3) is 6.40. The standard InChI is InChI=1S/C18H26N2O3/c1-14(16-8-9-16)19-17(21)13-20(11-10-18(22)23-2)12-15-6-4-3-5-7-15/h3-7,14,16H,8-13H2,1-2H3,(H,19,21)/t14-/m0/s1. The minimum atomic E-state index is -0.255. The van der Waals surface area contributed by atoms with Gasteiger partial charge in [-0.15, -0.1) is 0 Å². The maximum atomic E-state index is 12.2. The first-order valence-electron chi connectivity index (χ1n) is 8.21. The molecular formula is C18H26N2O3. The Kier molecular flexibility index (Phi) is 6.59. The molecule has 0 bridgehead atoms. The molecule has 1 atom stereocenters. The highest BCUT2D eigenvalue weighted by Gasteiger charge is 2.29. The van der Waals surface area contributed by atoms with Gasteiger partial charge in [0.05, 0.1) is 20.1 Å². The molecule has 1 aliphatic carbocycles. The smallest absolute Gasteiger partial charge is 0.306 e. The summed E-state index contributed by atoms with van der Waals surface area (Å²) in [4.78, 5) is 25.6. The highest BCUT2D eigenvalue weighted by Crippen LogP contribution is 2.32. The second kappa shape index (κ2) is 8.67. The molecular weight excluding hydrogens is 292 g/mol. The number of hydrogen-bond donors (Lipinski definition) is 1. The molecule has 1 aromatic carbocycles. The summed E-state index contributed by atoms with van der Waals surface area (Å²) in [7, 11) is 1.38. The number of esters is 1. The van der Waals surface area contributed by atoms with Gasteiger partial charge in [-0.1, -0.05) is 30.3 Å². The minimum absolute atomic E-state index is 0.0187. The lowest BCUT2D eigenvalue weighted by molar-refractivity contribution is -0.141. The molecule has 1 saturated carbocycles. The fraction of sp³-hybridized carbons (Fsp3) is 0.556. The monoisotopic (exact) mass is 318 g/mol. The Bertz CT molecular complexity index is 514. The molecule has 23 heavy (non-hydrogen) atoms. The molecule has 0 spiro atoms. The topological polar surface area (TPSA) is 58.6 Å². The van der Waals surface area contributed by atoms with Gasteiger partial charge in [0.2, 0.25) is 5.91 Å². The van der Waals surface area contributed by atoms with E-state index in [4.69, 9.17) is 4.74 Å². The van der Waals surface area contributed by atoms with E-state index >= 15 is 0 Å². The van der Waals surface area contributed by atoms with Crippen LogP contribution in [-0.4, -0.2) is 43.0 Å². The van der Waals surface area contributed by atoms with Gasteiger partial charge in [-0.05, 0) is 31.2 Å². The molecule has 0 saturated heterocycles. The Morgan fingerprint density at radius 1 is 1.30 bits per heavy atom. The Morgan fingerprint density at radius 2 is 2.00 bits per heavy atom. The van der Waals surface area contributed by atoms with Crippen molar-refractivity contribution in [2.45, 2.75) is 38.8 Å². The molecule has 1 amide bonds. The zero-order valence-electron chi connectivity index (χ0n) is 14.0. The first-order chi connectivity index (χ1) is 11.1. The van der Waals surface area contributed by atoms with Gasteiger partial charge in [0.15, 0.2) is 0 Å². The van der Waals surface area contributed by atoms with E-state index in [0.717, 1.165) is 5.56 Å². The molecule has 0 unspecified atom stereocenters. The first-order valence-corrected chi connectivity index (χ1v) is 8.21. The first kappa shape index (κ1) is 17.5. The van der Waals surface area contributed by atoms with Crippen LogP contribution in [0.3, 0.4) is 0 Å². The van der Waals surface area contributed by atoms with Crippen LogP contribution in [0.25, 0.3) is 0 Å². The highest BCUT2D eigenvalue weighted by atomic mass is 16.5. The van der Waals surface area contributed by atoms with Crippen LogP contribution in [0, 0.1) is 5.92 Å². The van der Waals surface area contributed by atoms with Crippen molar-refractivity contribution in [3.8, 4) is 0 Å². The maximum absolute atomic E-state index is 12.2. The van der Waals surface area contributed by atoms with Crippen molar-refractivity contribution in [1.82, 2.24) is 10.2 Å². The van der Waals surface area contributed by atoms with Crippen molar-refractivity contribution in [3.05, 3.63) is 35.9 Å². The van der Waals surface area contributed by atoms with Crippen LogP contribution in [0.15, 0.2) is 30.3 Å². The number of nitrogens with one attached hydrogen (secondary N) is 1. The Labute approximate surface area is 138 Å². The average molecular weight is 318 g/mol. The Hall–Kier alpha value is -1.88. The molecule has 1 aromatic rings. The van der Waals surface area contributed by atoms with Crippen molar-refractivity contribution in [1.29, 1.82) is 0 Å². The zero-order valence-corrected chi connectivity index (χ0v) is 14.0. The second-order valence-electron chi connectivity index (χ2n) is 6.22. The van der Waals surface area contributed by atoms with Gasteiger partial charge in [-0.25, -0.2) is 0 Å².